The summed E-state index contributed by atoms with van der Waals surface area (Å²) >= 11 is 1.52. The number of imide groups is 1. The van der Waals surface area contributed by atoms with Crippen LogP contribution in [0.3, 0.4) is 0 Å². The van der Waals surface area contributed by atoms with Crippen LogP contribution in [-0.2, 0) is 4.79 Å². The molecule has 7 rings (SSSR count). The number of urea groups is 1. The van der Waals surface area contributed by atoms with E-state index in [1.807, 2.05) is 47.4 Å². The number of benzene rings is 3. The van der Waals surface area contributed by atoms with Crippen molar-refractivity contribution in [1.29, 1.82) is 0 Å². The number of fused-ring (bicyclic) bond motifs is 1. The Morgan fingerprint density at radius 3 is 2.13 bits per heavy atom. The molecule has 1 aromatic heterocycles. The largest absolute Gasteiger partial charge is 0.340 e. The third-order valence-corrected chi connectivity index (χ3v) is 9.44. The fourth-order valence-electron chi connectivity index (χ4n) is 6.31. The monoisotopic (exact) mass is 622 g/mol. The van der Waals surface area contributed by atoms with Crippen molar-refractivity contribution in [3.8, 4) is 5.69 Å². The molecule has 3 aromatic carbocycles. The normalized spacial score (nSPS) is 20.4. The number of carbonyl (C=O) groups is 2. The minimum atomic E-state index is -0.604. The van der Waals surface area contributed by atoms with Crippen LogP contribution in [0.2, 0.25) is 0 Å². The summed E-state index contributed by atoms with van der Waals surface area (Å²) in [5, 5.41) is 15.4. The van der Waals surface area contributed by atoms with Gasteiger partial charge in [-0.2, -0.15) is 4.68 Å². The minimum absolute atomic E-state index is 0.139. The highest BCUT2D eigenvalue weighted by atomic mass is 32.2. The highest BCUT2D eigenvalue weighted by Crippen LogP contribution is 2.31. The number of amides is 3. The van der Waals surface area contributed by atoms with Gasteiger partial charge in [0.05, 0.1) is 11.7 Å². The van der Waals surface area contributed by atoms with E-state index in [4.69, 9.17) is 4.99 Å². The van der Waals surface area contributed by atoms with Gasteiger partial charge in [0.2, 0.25) is 5.16 Å². The Bertz CT molecular complexity index is 1620. The molecule has 12 nitrogen and oxygen atoms in total. The molecule has 13 heteroatoms. The molecule has 0 radical (unpaired) electrons. The van der Waals surface area contributed by atoms with Gasteiger partial charge in [-0.3, -0.25) is 15.0 Å². The predicted octanol–water partition coefficient (Wildman–Crippen LogP) is 2.71. The molecule has 1 N–H and O–H groups in total. The Labute approximate surface area is 265 Å². The summed E-state index contributed by atoms with van der Waals surface area (Å²) in [6.07, 6.45) is -0.583. The van der Waals surface area contributed by atoms with E-state index >= 15 is 0 Å². The lowest BCUT2D eigenvalue weighted by Crippen LogP contribution is -2.64. The Morgan fingerprint density at radius 1 is 0.867 bits per heavy atom. The summed E-state index contributed by atoms with van der Waals surface area (Å²) in [5.41, 5.74) is 3.40. The Morgan fingerprint density at radius 2 is 1.49 bits per heavy atom. The molecule has 2 unspecified atom stereocenters. The third-order valence-electron chi connectivity index (χ3n) is 8.54. The smallest absolute Gasteiger partial charge is 0.325 e. The van der Waals surface area contributed by atoms with Crippen molar-refractivity contribution in [2.45, 2.75) is 23.4 Å². The zero-order valence-electron chi connectivity index (χ0n) is 24.9. The second-order valence-corrected chi connectivity index (χ2v) is 12.3. The van der Waals surface area contributed by atoms with E-state index in [2.05, 4.69) is 79.2 Å². The Hall–Kier alpha value is -4.75. The maximum absolute atomic E-state index is 13.2. The number of guanidine groups is 1. The first-order chi connectivity index (χ1) is 22.1. The van der Waals surface area contributed by atoms with Gasteiger partial charge in [-0.05, 0) is 33.7 Å². The van der Waals surface area contributed by atoms with Gasteiger partial charge >= 0.3 is 6.03 Å². The van der Waals surface area contributed by atoms with Crippen LogP contribution in [-0.4, -0.2) is 115 Å². The summed E-state index contributed by atoms with van der Waals surface area (Å²) in [4.78, 5) is 39.1. The van der Waals surface area contributed by atoms with E-state index in [1.165, 1.54) is 27.8 Å². The fourth-order valence-corrected chi connectivity index (χ4v) is 7.14. The molecule has 3 aliphatic rings. The number of para-hydroxylation sites is 1. The second-order valence-electron chi connectivity index (χ2n) is 11.2. The van der Waals surface area contributed by atoms with Crippen LogP contribution in [0.25, 0.3) is 5.69 Å². The van der Waals surface area contributed by atoms with E-state index < -0.39 is 18.2 Å². The van der Waals surface area contributed by atoms with Gasteiger partial charge in [0.1, 0.15) is 0 Å². The zero-order valence-corrected chi connectivity index (χ0v) is 25.7. The molecule has 0 aliphatic carbocycles. The van der Waals surface area contributed by atoms with Crippen LogP contribution < -0.4 is 5.32 Å². The summed E-state index contributed by atoms with van der Waals surface area (Å²) in [6, 6.07) is 30.1. The molecule has 2 fully saturated rings. The SMILES string of the molecule is CN1C(=O)NC(=O)C2C1N=C(N1CCN(C(c3ccccc3)c3ccccc3)CC1)N2CCSc1nnnn1-c1ccccc1. The van der Waals surface area contributed by atoms with E-state index in [9.17, 15) is 9.59 Å². The van der Waals surface area contributed by atoms with E-state index in [0.29, 0.717) is 17.5 Å². The average molecular weight is 623 g/mol. The number of likely N-dealkylation sites (N-methyl/N-ethyl adjacent to an activating group) is 1. The van der Waals surface area contributed by atoms with Crippen LogP contribution >= 0.6 is 11.8 Å². The minimum Gasteiger partial charge on any atom is -0.340 e. The highest BCUT2D eigenvalue weighted by Gasteiger charge is 2.49. The molecule has 230 valence electrons. The van der Waals surface area contributed by atoms with Crippen LogP contribution in [0.5, 0.6) is 0 Å². The third kappa shape index (κ3) is 5.76. The van der Waals surface area contributed by atoms with Crippen molar-refractivity contribution >= 4 is 29.7 Å². The molecule has 4 heterocycles. The van der Waals surface area contributed by atoms with Gasteiger partial charge < -0.3 is 14.7 Å². The maximum atomic E-state index is 13.2. The first kappa shape index (κ1) is 29.0. The van der Waals surface area contributed by atoms with Crippen LogP contribution in [0.15, 0.2) is 101 Å². The topological polar surface area (TPSA) is 115 Å². The molecule has 45 heavy (non-hydrogen) atoms. The van der Waals surface area contributed by atoms with Crippen molar-refractivity contribution in [2.75, 3.05) is 45.5 Å². The molecule has 2 saturated heterocycles. The molecule has 4 aromatic rings. The van der Waals surface area contributed by atoms with Crippen LogP contribution in [0.4, 0.5) is 4.79 Å². The molecule has 0 saturated carbocycles. The average Bonchev–Trinajstić information content (AvgIpc) is 3.71. The summed E-state index contributed by atoms with van der Waals surface area (Å²) in [7, 11) is 1.69. The van der Waals surface area contributed by atoms with Crippen molar-refractivity contribution in [3.63, 3.8) is 0 Å². The zero-order chi connectivity index (χ0) is 30.8. The quantitative estimate of drug-likeness (QED) is 0.296. The van der Waals surface area contributed by atoms with Gasteiger partial charge in [-0.1, -0.05) is 90.6 Å². The number of hydrogen-bond acceptors (Lipinski definition) is 10. The number of thioether (sulfide) groups is 1. The van der Waals surface area contributed by atoms with Gasteiger partial charge in [-0.15, -0.1) is 5.10 Å². The lowest BCUT2D eigenvalue weighted by molar-refractivity contribution is -0.127. The van der Waals surface area contributed by atoms with Crippen molar-refractivity contribution in [2.24, 2.45) is 4.99 Å². The van der Waals surface area contributed by atoms with Crippen molar-refractivity contribution in [3.05, 3.63) is 102 Å². The standard InChI is InChI=1S/C32H34N10O2S/c1-38-28-27(29(43)34-31(38)44)41(21-22-45-32-35-36-37-42(32)25-15-9-4-10-16-25)30(33-28)40-19-17-39(18-20-40)26(23-11-5-2-6-12-23)24-13-7-3-8-14-24/h2-16,26-28H,17-22H2,1H3,(H,34,43,44). The first-order valence-electron chi connectivity index (χ1n) is 15.1. The van der Waals surface area contributed by atoms with Crippen LogP contribution in [0.1, 0.15) is 17.2 Å². The van der Waals surface area contributed by atoms with Crippen molar-refractivity contribution < 1.29 is 9.59 Å². The highest BCUT2D eigenvalue weighted by molar-refractivity contribution is 7.99. The van der Waals surface area contributed by atoms with E-state index in [1.54, 1.807) is 11.7 Å². The van der Waals surface area contributed by atoms with Gasteiger partial charge in [0, 0.05) is 45.5 Å². The van der Waals surface area contributed by atoms with Crippen molar-refractivity contribution in [1.82, 2.24) is 45.1 Å². The predicted molar refractivity (Wildman–Crippen MR) is 171 cm³/mol. The fraction of sp³-hybridized carbons (Fsp3) is 0.312. The molecule has 0 bridgehead atoms. The van der Waals surface area contributed by atoms with E-state index in [-0.39, 0.29) is 11.9 Å². The van der Waals surface area contributed by atoms with Gasteiger partial charge in [0.15, 0.2) is 18.2 Å². The number of hydrogen-bond donors (Lipinski definition) is 1. The maximum Gasteiger partial charge on any atom is 0.325 e. The summed E-state index contributed by atoms with van der Waals surface area (Å²) < 4.78 is 1.71. The lowest BCUT2D eigenvalue weighted by atomic mass is 9.96. The number of nitrogens with zero attached hydrogens (tertiary/aromatic N) is 9. The Balaban J connectivity index is 1.09. The number of carbonyl (C=O) groups excluding carboxylic acids is 2. The number of aliphatic imine (C=N–C) groups is 1. The molecular weight excluding hydrogens is 588 g/mol. The second kappa shape index (κ2) is 12.7. The lowest BCUT2D eigenvalue weighted by Gasteiger charge is -2.42. The molecule has 3 amide bonds. The van der Waals surface area contributed by atoms with E-state index in [0.717, 1.165) is 37.8 Å². The number of tetrazole rings is 1. The molecule has 2 atom stereocenters. The molecule has 3 aliphatic heterocycles. The van der Waals surface area contributed by atoms with Gasteiger partial charge in [-0.25, -0.2) is 9.79 Å². The molecular formula is C32H34N10O2S. The van der Waals surface area contributed by atoms with Crippen LogP contribution in [0, 0.1) is 0 Å². The number of nitrogens with one attached hydrogen (secondary N) is 1. The Kier molecular flexibility index (Phi) is 8.18. The summed E-state index contributed by atoms with van der Waals surface area (Å²) in [5.74, 6) is 1.04. The molecule has 0 spiro atoms. The number of aromatic nitrogens is 4. The summed E-state index contributed by atoms with van der Waals surface area (Å²) in [6.45, 7) is 3.64. The number of rotatable bonds is 8. The van der Waals surface area contributed by atoms with Gasteiger partial charge in [0.25, 0.3) is 5.91 Å². The number of piperazine rings is 1. The first-order valence-corrected chi connectivity index (χ1v) is 16.0.